The number of carbonyl (C=O) groups excluding carboxylic acids is 1. The van der Waals surface area contributed by atoms with Crippen molar-refractivity contribution in [1.82, 2.24) is 0 Å². The number of amides is 1. The molecule has 0 spiro atoms. The highest BCUT2D eigenvalue weighted by atomic mass is 16.5. The number of hydrogen-bond acceptors (Lipinski definition) is 4. The topological polar surface area (TPSA) is 50.8 Å². The highest BCUT2D eigenvalue weighted by molar-refractivity contribution is 5.95. The van der Waals surface area contributed by atoms with Gasteiger partial charge in [0.2, 0.25) is 0 Å². The predicted molar refractivity (Wildman–Crippen MR) is 104 cm³/mol. The van der Waals surface area contributed by atoms with Crippen molar-refractivity contribution < 1.29 is 14.3 Å². The minimum Gasteiger partial charge on any atom is -0.483 e. The molecular formula is C21H26N2O3. The Labute approximate surface area is 154 Å². The molecule has 1 heterocycles. The van der Waals surface area contributed by atoms with Gasteiger partial charge in [0, 0.05) is 13.1 Å². The van der Waals surface area contributed by atoms with Crippen LogP contribution in [0.4, 0.5) is 11.4 Å². The van der Waals surface area contributed by atoms with Crippen LogP contribution >= 0.6 is 0 Å². The number of benzene rings is 2. The third-order valence-electron chi connectivity index (χ3n) is 4.75. The van der Waals surface area contributed by atoms with Crippen molar-refractivity contribution in [3.63, 3.8) is 0 Å². The maximum absolute atomic E-state index is 12.4. The van der Waals surface area contributed by atoms with E-state index in [1.807, 2.05) is 51.1 Å². The van der Waals surface area contributed by atoms with Crippen LogP contribution in [0.3, 0.4) is 0 Å². The van der Waals surface area contributed by atoms with Gasteiger partial charge in [-0.15, -0.1) is 0 Å². The first-order valence-corrected chi connectivity index (χ1v) is 8.97. The van der Waals surface area contributed by atoms with E-state index in [-0.39, 0.29) is 12.5 Å². The molecule has 2 aromatic rings. The molecule has 0 unspecified atom stereocenters. The van der Waals surface area contributed by atoms with E-state index in [1.165, 1.54) is 0 Å². The lowest BCUT2D eigenvalue weighted by Gasteiger charge is -2.30. The summed E-state index contributed by atoms with van der Waals surface area (Å²) in [6.45, 7) is 9.10. The number of nitrogens with one attached hydrogen (secondary N) is 1. The fourth-order valence-electron chi connectivity index (χ4n) is 3.13. The molecule has 0 aliphatic carbocycles. The zero-order valence-electron chi connectivity index (χ0n) is 15.7. The lowest BCUT2D eigenvalue weighted by molar-refractivity contribution is -0.118. The maximum atomic E-state index is 12.4. The molecule has 0 bridgehead atoms. The Bertz CT molecular complexity index is 783. The molecule has 0 radical (unpaired) electrons. The molecule has 2 aromatic carbocycles. The first-order valence-electron chi connectivity index (χ1n) is 8.97. The van der Waals surface area contributed by atoms with Gasteiger partial charge in [-0.1, -0.05) is 24.3 Å². The Morgan fingerprint density at radius 3 is 2.54 bits per heavy atom. The predicted octanol–water partition coefficient (Wildman–Crippen LogP) is 3.47. The lowest BCUT2D eigenvalue weighted by Crippen LogP contribution is -2.37. The smallest absolute Gasteiger partial charge is 0.262 e. The number of carbonyl (C=O) groups is 1. The van der Waals surface area contributed by atoms with Crippen LogP contribution in [0.1, 0.15) is 16.7 Å². The second-order valence-corrected chi connectivity index (χ2v) is 6.61. The summed E-state index contributed by atoms with van der Waals surface area (Å²) in [6.07, 6.45) is 0. The Balaban J connectivity index is 1.67. The standard InChI is InChI=1S/C21H26N2O3/c1-15-8-9-16(2)21(17(15)3)26-14-20(24)22-18-6-4-5-7-19(18)23-10-12-25-13-11-23/h4-9H,10-14H2,1-3H3,(H,22,24). The quantitative estimate of drug-likeness (QED) is 0.893. The van der Waals surface area contributed by atoms with E-state index in [0.29, 0.717) is 13.2 Å². The highest BCUT2D eigenvalue weighted by Crippen LogP contribution is 2.27. The molecule has 0 aromatic heterocycles. The third kappa shape index (κ3) is 4.17. The summed E-state index contributed by atoms with van der Waals surface area (Å²) >= 11 is 0. The van der Waals surface area contributed by atoms with Gasteiger partial charge in [-0.3, -0.25) is 4.79 Å². The van der Waals surface area contributed by atoms with Gasteiger partial charge >= 0.3 is 0 Å². The summed E-state index contributed by atoms with van der Waals surface area (Å²) < 4.78 is 11.2. The molecule has 1 N–H and O–H groups in total. The minimum atomic E-state index is -0.161. The summed E-state index contributed by atoms with van der Waals surface area (Å²) in [6, 6.07) is 11.9. The van der Waals surface area contributed by atoms with E-state index in [2.05, 4.69) is 16.3 Å². The van der Waals surface area contributed by atoms with Crippen molar-refractivity contribution >= 4 is 17.3 Å². The van der Waals surface area contributed by atoms with E-state index in [0.717, 1.165) is 46.9 Å². The summed E-state index contributed by atoms with van der Waals surface area (Å²) in [5.74, 6) is 0.632. The van der Waals surface area contributed by atoms with Crippen LogP contribution in [0.2, 0.25) is 0 Å². The molecule has 1 amide bonds. The number of hydrogen-bond donors (Lipinski definition) is 1. The third-order valence-corrected chi connectivity index (χ3v) is 4.75. The Morgan fingerprint density at radius 2 is 1.77 bits per heavy atom. The van der Waals surface area contributed by atoms with Crippen molar-refractivity contribution in [3.05, 3.63) is 53.1 Å². The van der Waals surface area contributed by atoms with Crippen LogP contribution < -0.4 is 15.0 Å². The Morgan fingerprint density at radius 1 is 1.08 bits per heavy atom. The van der Waals surface area contributed by atoms with Gasteiger partial charge in [0.05, 0.1) is 24.6 Å². The van der Waals surface area contributed by atoms with Crippen LogP contribution in [-0.2, 0) is 9.53 Å². The normalized spacial score (nSPS) is 14.2. The molecule has 0 atom stereocenters. The number of ether oxygens (including phenoxy) is 2. The number of morpholine rings is 1. The molecule has 5 nitrogen and oxygen atoms in total. The van der Waals surface area contributed by atoms with Crippen LogP contribution in [-0.4, -0.2) is 38.8 Å². The van der Waals surface area contributed by atoms with Gasteiger partial charge in [0.1, 0.15) is 5.75 Å². The summed E-state index contributed by atoms with van der Waals surface area (Å²) in [5, 5.41) is 2.99. The largest absolute Gasteiger partial charge is 0.483 e. The molecule has 1 aliphatic heterocycles. The van der Waals surface area contributed by atoms with Gasteiger partial charge < -0.3 is 19.7 Å². The molecule has 1 aliphatic rings. The monoisotopic (exact) mass is 354 g/mol. The van der Waals surface area contributed by atoms with Gasteiger partial charge in [0.15, 0.2) is 6.61 Å². The van der Waals surface area contributed by atoms with Gasteiger partial charge in [0.25, 0.3) is 5.91 Å². The summed E-state index contributed by atoms with van der Waals surface area (Å²) in [4.78, 5) is 14.7. The van der Waals surface area contributed by atoms with Crippen LogP contribution in [0, 0.1) is 20.8 Å². The van der Waals surface area contributed by atoms with Crippen molar-refractivity contribution in [2.45, 2.75) is 20.8 Å². The molecular weight excluding hydrogens is 328 g/mol. The van der Waals surface area contributed by atoms with E-state index < -0.39 is 0 Å². The van der Waals surface area contributed by atoms with Crippen LogP contribution in [0.5, 0.6) is 5.75 Å². The van der Waals surface area contributed by atoms with Crippen molar-refractivity contribution in [2.24, 2.45) is 0 Å². The van der Waals surface area contributed by atoms with E-state index >= 15 is 0 Å². The molecule has 1 saturated heterocycles. The zero-order chi connectivity index (χ0) is 18.5. The van der Waals surface area contributed by atoms with E-state index in [1.54, 1.807) is 0 Å². The fourth-order valence-corrected chi connectivity index (χ4v) is 3.13. The number of anilines is 2. The first-order chi connectivity index (χ1) is 12.6. The average Bonchev–Trinajstić information content (AvgIpc) is 2.66. The highest BCUT2D eigenvalue weighted by Gasteiger charge is 2.16. The van der Waals surface area contributed by atoms with Gasteiger partial charge in [-0.25, -0.2) is 0 Å². The van der Waals surface area contributed by atoms with E-state index in [4.69, 9.17) is 9.47 Å². The van der Waals surface area contributed by atoms with Gasteiger partial charge in [-0.2, -0.15) is 0 Å². The van der Waals surface area contributed by atoms with E-state index in [9.17, 15) is 4.79 Å². The first kappa shape index (κ1) is 18.3. The van der Waals surface area contributed by atoms with Crippen molar-refractivity contribution in [2.75, 3.05) is 43.1 Å². The lowest BCUT2D eigenvalue weighted by atomic mass is 10.1. The number of rotatable bonds is 5. The molecule has 1 fully saturated rings. The molecule has 138 valence electrons. The average molecular weight is 354 g/mol. The Hall–Kier alpha value is -2.53. The number of aryl methyl sites for hydroxylation is 2. The minimum absolute atomic E-state index is 0.0113. The van der Waals surface area contributed by atoms with Gasteiger partial charge in [-0.05, 0) is 49.6 Å². The molecule has 0 saturated carbocycles. The fraction of sp³-hybridized carbons (Fsp3) is 0.381. The number of para-hydroxylation sites is 2. The molecule has 5 heteroatoms. The van der Waals surface area contributed by atoms with Crippen LogP contribution in [0.25, 0.3) is 0 Å². The number of nitrogens with zero attached hydrogens (tertiary/aromatic N) is 1. The summed E-state index contributed by atoms with van der Waals surface area (Å²) in [7, 11) is 0. The van der Waals surface area contributed by atoms with Crippen molar-refractivity contribution in [1.29, 1.82) is 0 Å². The maximum Gasteiger partial charge on any atom is 0.262 e. The second-order valence-electron chi connectivity index (χ2n) is 6.61. The van der Waals surface area contributed by atoms with Crippen molar-refractivity contribution in [3.8, 4) is 5.75 Å². The zero-order valence-corrected chi connectivity index (χ0v) is 15.7. The second kappa shape index (κ2) is 8.23. The summed E-state index contributed by atoms with van der Waals surface area (Å²) in [5.41, 5.74) is 5.09. The molecule has 3 rings (SSSR count). The molecule has 26 heavy (non-hydrogen) atoms. The Kier molecular flexibility index (Phi) is 5.78. The SMILES string of the molecule is Cc1ccc(C)c(OCC(=O)Nc2ccccc2N2CCOCC2)c1C. The van der Waals surface area contributed by atoms with Crippen LogP contribution in [0.15, 0.2) is 36.4 Å².